The molecule has 1 heterocycles. The van der Waals surface area contributed by atoms with Crippen molar-refractivity contribution in [3.8, 4) is 0 Å². The summed E-state index contributed by atoms with van der Waals surface area (Å²) in [7, 11) is 3.06. The van der Waals surface area contributed by atoms with Gasteiger partial charge in [0.1, 0.15) is 0 Å². The lowest BCUT2D eigenvalue weighted by molar-refractivity contribution is -0.140. The van der Waals surface area contributed by atoms with Crippen molar-refractivity contribution in [2.24, 2.45) is 0 Å². The molecule has 21 heavy (non-hydrogen) atoms. The number of esters is 1. The van der Waals surface area contributed by atoms with Gasteiger partial charge in [0, 0.05) is 38.0 Å². The number of ether oxygens (including phenoxy) is 1. The second-order valence-electron chi connectivity index (χ2n) is 4.67. The Morgan fingerprint density at radius 3 is 2.62 bits per heavy atom. The predicted molar refractivity (Wildman–Crippen MR) is 77.7 cm³/mol. The highest BCUT2D eigenvalue weighted by Crippen LogP contribution is 2.12. The number of aromatic nitrogens is 2. The molecule has 0 spiro atoms. The van der Waals surface area contributed by atoms with E-state index in [2.05, 4.69) is 14.7 Å². The van der Waals surface area contributed by atoms with Crippen molar-refractivity contribution in [1.82, 2.24) is 14.9 Å². The Balaban J connectivity index is 2.01. The van der Waals surface area contributed by atoms with Gasteiger partial charge >= 0.3 is 5.97 Å². The number of methoxy groups -OCH3 is 1. The van der Waals surface area contributed by atoms with Gasteiger partial charge in [-0.15, -0.1) is 0 Å². The molecule has 0 atom stereocenters. The van der Waals surface area contributed by atoms with Gasteiger partial charge < -0.3 is 9.64 Å². The molecule has 0 aliphatic heterocycles. The average Bonchev–Trinajstić information content (AvgIpc) is 2.53. The lowest BCUT2D eigenvalue weighted by Gasteiger charge is -2.17. The predicted octanol–water partition coefficient (Wildman–Crippen LogP) is 1.65. The second kappa shape index (κ2) is 6.78. The summed E-state index contributed by atoms with van der Waals surface area (Å²) < 4.78 is 4.57. The van der Waals surface area contributed by atoms with Gasteiger partial charge in [0.05, 0.1) is 18.1 Å². The first-order chi connectivity index (χ1) is 10.1. The third-order valence-corrected chi connectivity index (χ3v) is 3.17. The van der Waals surface area contributed by atoms with E-state index in [-0.39, 0.29) is 11.9 Å². The van der Waals surface area contributed by atoms with Crippen LogP contribution in [0.2, 0.25) is 0 Å². The first kappa shape index (κ1) is 14.9. The number of carbonyl (C=O) groups excluding carboxylic acids is 2. The van der Waals surface area contributed by atoms with Crippen LogP contribution in [0.5, 0.6) is 0 Å². The van der Waals surface area contributed by atoms with E-state index in [9.17, 15) is 9.59 Å². The third kappa shape index (κ3) is 3.75. The SMILES string of the molecule is COC(=O)CCCN(C)C(=O)c1ccc2nccnc2c1. The molecule has 0 aliphatic rings. The van der Waals surface area contributed by atoms with E-state index >= 15 is 0 Å². The fourth-order valence-electron chi connectivity index (χ4n) is 1.98. The monoisotopic (exact) mass is 287 g/mol. The van der Waals surface area contributed by atoms with Crippen LogP contribution in [0.15, 0.2) is 30.6 Å². The number of carbonyl (C=O) groups is 2. The minimum Gasteiger partial charge on any atom is -0.469 e. The Labute approximate surface area is 122 Å². The summed E-state index contributed by atoms with van der Waals surface area (Å²) in [6.07, 6.45) is 4.08. The highest BCUT2D eigenvalue weighted by molar-refractivity contribution is 5.97. The zero-order chi connectivity index (χ0) is 15.2. The topological polar surface area (TPSA) is 72.4 Å². The molecule has 1 aromatic heterocycles. The maximum absolute atomic E-state index is 12.3. The molecule has 0 saturated carbocycles. The molecule has 2 rings (SSSR count). The van der Waals surface area contributed by atoms with Gasteiger partial charge in [-0.25, -0.2) is 0 Å². The summed E-state index contributed by atoms with van der Waals surface area (Å²) in [5, 5.41) is 0. The van der Waals surface area contributed by atoms with Gasteiger partial charge in [-0.3, -0.25) is 19.6 Å². The largest absolute Gasteiger partial charge is 0.469 e. The van der Waals surface area contributed by atoms with Crippen LogP contribution in [0, 0.1) is 0 Å². The van der Waals surface area contributed by atoms with Crippen molar-refractivity contribution >= 4 is 22.9 Å². The number of hydrogen-bond acceptors (Lipinski definition) is 5. The third-order valence-electron chi connectivity index (χ3n) is 3.17. The normalized spacial score (nSPS) is 10.4. The molecule has 2 aromatic rings. The molecule has 0 saturated heterocycles. The van der Waals surface area contributed by atoms with Crippen molar-refractivity contribution in [3.05, 3.63) is 36.2 Å². The number of fused-ring (bicyclic) bond motifs is 1. The molecule has 1 amide bonds. The first-order valence-electron chi connectivity index (χ1n) is 6.65. The Bertz CT molecular complexity index is 657. The van der Waals surface area contributed by atoms with Gasteiger partial charge in [-0.1, -0.05) is 0 Å². The zero-order valence-corrected chi connectivity index (χ0v) is 12.1. The molecule has 0 fully saturated rings. The van der Waals surface area contributed by atoms with E-state index in [0.29, 0.717) is 30.5 Å². The summed E-state index contributed by atoms with van der Waals surface area (Å²) in [5.41, 5.74) is 2.00. The molecule has 0 radical (unpaired) electrons. The smallest absolute Gasteiger partial charge is 0.305 e. The lowest BCUT2D eigenvalue weighted by Crippen LogP contribution is -2.28. The molecule has 0 bridgehead atoms. The highest BCUT2D eigenvalue weighted by atomic mass is 16.5. The summed E-state index contributed by atoms with van der Waals surface area (Å²) in [6.45, 7) is 0.492. The molecule has 110 valence electrons. The average molecular weight is 287 g/mol. The summed E-state index contributed by atoms with van der Waals surface area (Å²) in [6, 6.07) is 5.23. The highest BCUT2D eigenvalue weighted by Gasteiger charge is 2.13. The fourth-order valence-corrected chi connectivity index (χ4v) is 1.98. The molecule has 6 nitrogen and oxygen atoms in total. The number of rotatable bonds is 5. The van der Waals surface area contributed by atoms with E-state index in [1.165, 1.54) is 7.11 Å². The van der Waals surface area contributed by atoms with Gasteiger partial charge in [-0.05, 0) is 24.6 Å². The van der Waals surface area contributed by atoms with E-state index in [1.54, 1.807) is 42.5 Å². The molecule has 0 unspecified atom stereocenters. The lowest BCUT2D eigenvalue weighted by atomic mass is 10.1. The van der Waals surface area contributed by atoms with Gasteiger partial charge in [0.15, 0.2) is 0 Å². The quantitative estimate of drug-likeness (QED) is 0.782. The van der Waals surface area contributed by atoms with Crippen molar-refractivity contribution in [1.29, 1.82) is 0 Å². The maximum atomic E-state index is 12.3. The van der Waals surface area contributed by atoms with Crippen LogP contribution in [-0.4, -0.2) is 47.4 Å². The summed E-state index contributed by atoms with van der Waals surface area (Å²) in [5.74, 6) is -0.371. The minimum absolute atomic E-state index is 0.104. The van der Waals surface area contributed by atoms with Crippen LogP contribution in [0.3, 0.4) is 0 Å². The first-order valence-corrected chi connectivity index (χ1v) is 6.65. The zero-order valence-electron chi connectivity index (χ0n) is 12.1. The minimum atomic E-state index is -0.267. The number of nitrogens with zero attached hydrogens (tertiary/aromatic N) is 3. The van der Waals surface area contributed by atoms with E-state index in [4.69, 9.17) is 0 Å². The van der Waals surface area contributed by atoms with Crippen molar-refractivity contribution in [3.63, 3.8) is 0 Å². The molecule has 0 N–H and O–H groups in total. The summed E-state index contributed by atoms with van der Waals surface area (Å²) >= 11 is 0. The van der Waals surface area contributed by atoms with Gasteiger partial charge in [0.25, 0.3) is 5.91 Å². The molecular weight excluding hydrogens is 270 g/mol. The van der Waals surface area contributed by atoms with Crippen LogP contribution in [0.4, 0.5) is 0 Å². The van der Waals surface area contributed by atoms with Crippen LogP contribution in [-0.2, 0) is 9.53 Å². The van der Waals surface area contributed by atoms with Crippen molar-refractivity contribution < 1.29 is 14.3 Å². The number of hydrogen-bond donors (Lipinski definition) is 0. The van der Waals surface area contributed by atoms with Crippen LogP contribution < -0.4 is 0 Å². The van der Waals surface area contributed by atoms with Crippen LogP contribution in [0.25, 0.3) is 11.0 Å². The Morgan fingerprint density at radius 1 is 1.19 bits per heavy atom. The van der Waals surface area contributed by atoms with Crippen molar-refractivity contribution in [2.75, 3.05) is 20.7 Å². The van der Waals surface area contributed by atoms with E-state index in [1.807, 2.05) is 0 Å². The van der Waals surface area contributed by atoms with E-state index < -0.39 is 0 Å². The molecule has 1 aromatic carbocycles. The van der Waals surface area contributed by atoms with Crippen LogP contribution >= 0.6 is 0 Å². The standard InChI is InChI=1S/C15H17N3O3/c1-18(9-3-4-14(19)21-2)15(20)11-5-6-12-13(10-11)17-8-7-16-12/h5-8,10H,3-4,9H2,1-2H3. The molecule has 0 aliphatic carbocycles. The summed E-state index contributed by atoms with van der Waals surface area (Å²) in [4.78, 5) is 33.3. The molecular formula is C15H17N3O3. The number of benzene rings is 1. The van der Waals surface area contributed by atoms with Gasteiger partial charge in [-0.2, -0.15) is 0 Å². The fraction of sp³-hybridized carbons (Fsp3) is 0.333. The molecule has 6 heteroatoms. The Kier molecular flexibility index (Phi) is 4.81. The second-order valence-corrected chi connectivity index (χ2v) is 4.67. The van der Waals surface area contributed by atoms with Crippen molar-refractivity contribution in [2.45, 2.75) is 12.8 Å². The maximum Gasteiger partial charge on any atom is 0.305 e. The van der Waals surface area contributed by atoms with E-state index in [0.717, 1.165) is 5.52 Å². The van der Waals surface area contributed by atoms with Crippen LogP contribution in [0.1, 0.15) is 23.2 Å². The van der Waals surface area contributed by atoms with Gasteiger partial charge in [0.2, 0.25) is 0 Å². The Morgan fingerprint density at radius 2 is 1.90 bits per heavy atom. The number of amides is 1. The Hall–Kier alpha value is -2.50.